The van der Waals surface area contributed by atoms with Gasteiger partial charge in [-0.25, -0.2) is 9.97 Å². The van der Waals surface area contributed by atoms with Crippen LogP contribution in [0.2, 0.25) is 0 Å². The number of rotatable bonds is 2. The summed E-state index contributed by atoms with van der Waals surface area (Å²) in [6.45, 7) is 1.96. The van der Waals surface area contributed by atoms with Crippen molar-refractivity contribution in [1.82, 2.24) is 14.5 Å². The Kier molecular flexibility index (Phi) is 2.62. The Morgan fingerprint density at radius 1 is 1.20 bits per heavy atom. The molecule has 4 heteroatoms. The fourth-order valence-electron chi connectivity index (χ4n) is 3.17. The minimum Gasteiger partial charge on any atom is -0.458 e. The first-order chi connectivity index (χ1) is 9.83. The molecular formula is C16H17N3O. The zero-order valence-corrected chi connectivity index (χ0v) is 11.5. The van der Waals surface area contributed by atoms with E-state index in [1.165, 1.54) is 25.7 Å². The van der Waals surface area contributed by atoms with E-state index in [-0.39, 0.29) is 0 Å². The molecule has 0 unspecified atom stereocenters. The van der Waals surface area contributed by atoms with Crippen LogP contribution >= 0.6 is 0 Å². The van der Waals surface area contributed by atoms with Gasteiger partial charge in [-0.15, -0.1) is 0 Å². The summed E-state index contributed by atoms with van der Waals surface area (Å²) in [5, 5.41) is 0. The normalized spacial score (nSPS) is 16.2. The van der Waals surface area contributed by atoms with Crippen LogP contribution in [0.1, 0.15) is 37.5 Å². The SMILES string of the molecule is Cc1ccc(-c2nc3cccnc3n2C2CCCC2)o1. The van der Waals surface area contributed by atoms with E-state index in [1.807, 2.05) is 37.4 Å². The zero-order chi connectivity index (χ0) is 13.5. The van der Waals surface area contributed by atoms with Gasteiger partial charge in [-0.2, -0.15) is 0 Å². The van der Waals surface area contributed by atoms with Crippen LogP contribution in [0.3, 0.4) is 0 Å². The molecule has 3 aromatic heterocycles. The van der Waals surface area contributed by atoms with Gasteiger partial charge >= 0.3 is 0 Å². The largest absolute Gasteiger partial charge is 0.458 e. The summed E-state index contributed by atoms with van der Waals surface area (Å²) in [4.78, 5) is 9.29. The smallest absolute Gasteiger partial charge is 0.178 e. The van der Waals surface area contributed by atoms with Crippen molar-refractivity contribution >= 4 is 11.2 Å². The average Bonchev–Trinajstić information content (AvgIpc) is 3.15. The lowest BCUT2D eigenvalue weighted by Crippen LogP contribution is -2.07. The van der Waals surface area contributed by atoms with Crippen molar-refractivity contribution in [3.8, 4) is 11.6 Å². The van der Waals surface area contributed by atoms with E-state index in [0.29, 0.717) is 6.04 Å². The summed E-state index contributed by atoms with van der Waals surface area (Å²) >= 11 is 0. The Bertz CT molecular complexity index is 750. The minimum absolute atomic E-state index is 0.496. The molecule has 0 saturated heterocycles. The molecule has 0 spiro atoms. The number of aromatic nitrogens is 3. The number of imidazole rings is 1. The van der Waals surface area contributed by atoms with Gasteiger partial charge in [-0.05, 0) is 44.0 Å². The van der Waals surface area contributed by atoms with Gasteiger partial charge in [0.25, 0.3) is 0 Å². The maximum absolute atomic E-state index is 5.79. The highest BCUT2D eigenvalue weighted by molar-refractivity contribution is 5.76. The van der Waals surface area contributed by atoms with E-state index in [2.05, 4.69) is 9.55 Å². The van der Waals surface area contributed by atoms with Gasteiger partial charge in [0.15, 0.2) is 17.2 Å². The molecule has 0 atom stereocenters. The summed E-state index contributed by atoms with van der Waals surface area (Å²) in [6.07, 6.45) is 6.82. The van der Waals surface area contributed by atoms with E-state index in [1.54, 1.807) is 0 Å². The number of furan rings is 1. The van der Waals surface area contributed by atoms with Crippen molar-refractivity contribution in [3.63, 3.8) is 0 Å². The summed E-state index contributed by atoms with van der Waals surface area (Å²) in [5.41, 5.74) is 1.92. The minimum atomic E-state index is 0.496. The molecule has 0 aliphatic heterocycles. The molecule has 3 heterocycles. The molecule has 4 nitrogen and oxygen atoms in total. The van der Waals surface area contributed by atoms with Crippen molar-refractivity contribution in [2.45, 2.75) is 38.6 Å². The van der Waals surface area contributed by atoms with Crippen molar-refractivity contribution in [2.24, 2.45) is 0 Å². The predicted molar refractivity (Wildman–Crippen MR) is 77.5 cm³/mol. The first-order valence-corrected chi connectivity index (χ1v) is 7.23. The van der Waals surface area contributed by atoms with Crippen LogP contribution in [-0.4, -0.2) is 14.5 Å². The molecule has 20 heavy (non-hydrogen) atoms. The Hall–Kier alpha value is -2.10. The second kappa shape index (κ2) is 4.47. The van der Waals surface area contributed by atoms with E-state index in [4.69, 9.17) is 9.40 Å². The van der Waals surface area contributed by atoms with Gasteiger partial charge < -0.3 is 8.98 Å². The predicted octanol–water partition coefficient (Wildman–Crippen LogP) is 4.11. The van der Waals surface area contributed by atoms with E-state index >= 15 is 0 Å². The molecule has 1 saturated carbocycles. The van der Waals surface area contributed by atoms with Crippen molar-refractivity contribution in [2.75, 3.05) is 0 Å². The fourth-order valence-corrected chi connectivity index (χ4v) is 3.17. The molecule has 0 aromatic carbocycles. The topological polar surface area (TPSA) is 43.9 Å². The number of pyridine rings is 1. The quantitative estimate of drug-likeness (QED) is 0.701. The van der Waals surface area contributed by atoms with Crippen LogP contribution in [0.5, 0.6) is 0 Å². The molecule has 4 rings (SSSR count). The lowest BCUT2D eigenvalue weighted by Gasteiger charge is -2.14. The van der Waals surface area contributed by atoms with Gasteiger partial charge in [0.2, 0.25) is 0 Å². The molecule has 0 amide bonds. The van der Waals surface area contributed by atoms with Crippen molar-refractivity contribution < 1.29 is 4.42 Å². The molecule has 102 valence electrons. The molecule has 1 fully saturated rings. The summed E-state index contributed by atoms with van der Waals surface area (Å²) in [6, 6.07) is 8.44. The van der Waals surface area contributed by atoms with Crippen LogP contribution in [0.25, 0.3) is 22.7 Å². The Labute approximate surface area is 117 Å². The van der Waals surface area contributed by atoms with Crippen molar-refractivity contribution in [1.29, 1.82) is 0 Å². The summed E-state index contributed by atoms with van der Waals surface area (Å²) in [7, 11) is 0. The van der Waals surface area contributed by atoms with Crippen molar-refractivity contribution in [3.05, 3.63) is 36.2 Å². The highest BCUT2D eigenvalue weighted by Crippen LogP contribution is 2.36. The third-order valence-corrected chi connectivity index (χ3v) is 4.10. The molecular weight excluding hydrogens is 250 g/mol. The standard InChI is InChI=1S/C16H17N3O/c1-11-8-9-14(20-11)16-18-13-7-4-10-17-15(13)19(16)12-5-2-3-6-12/h4,7-10,12H,2-3,5-6H2,1H3. The second-order valence-electron chi connectivity index (χ2n) is 5.50. The van der Waals surface area contributed by atoms with Gasteiger partial charge in [0.05, 0.1) is 0 Å². The Morgan fingerprint density at radius 2 is 2.05 bits per heavy atom. The molecule has 1 aliphatic carbocycles. The highest BCUT2D eigenvalue weighted by Gasteiger charge is 2.25. The highest BCUT2D eigenvalue weighted by atomic mass is 16.3. The van der Waals surface area contributed by atoms with Crippen LogP contribution in [0.15, 0.2) is 34.9 Å². The van der Waals surface area contributed by atoms with Crippen LogP contribution in [0.4, 0.5) is 0 Å². The monoisotopic (exact) mass is 267 g/mol. The van der Waals surface area contributed by atoms with E-state index in [0.717, 1.165) is 28.5 Å². The second-order valence-corrected chi connectivity index (χ2v) is 5.50. The zero-order valence-electron chi connectivity index (χ0n) is 11.5. The van der Waals surface area contributed by atoms with E-state index in [9.17, 15) is 0 Å². The molecule has 1 aliphatic rings. The number of nitrogens with zero attached hydrogens (tertiary/aromatic N) is 3. The lowest BCUT2D eigenvalue weighted by molar-refractivity contribution is 0.506. The summed E-state index contributed by atoms with van der Waals surface area (Å²) < 4.78 is 8.07. The van der Waals surface area contributed by atoms with Crippen LogP contribution in [0, 0.1) is 6.92 Å². The number of fused-ring (bicyclic) bond motifs is 1. The third-order valence-electron chi connectivity index (χ3n) is 4.10. The van der Waals surface area contributed by atoms with Crippen LogP contribution < -0.4 is 0 Å². The van der Waals surface area contributed by atoms with Gasteiger partial charge in [-0.1, -0.05) is 12.8 Å². The number of hydrogen-bond donors (Lipinski definition) is 0. The fraction of sp³-hybridized carbons (Fsp3) is 0.375. The average molecular weight is 267 g/mol. The number of aryl methyl sites for hydroxylation is 1. The summed E-state index contributed by atoms with van der Waals surface area (Å²) in [5.74, 6) is 2.67. The van der Waals surface area contributed by atoms with Gasteiger partial charge in [0, 0.05) is 12.2 Å². The Balaban J connectivity index is 1.96. The van der Waals surface area contributed by atoms with Crippen LogP contribution in [-0.2, 0) is 0 Å². The third kappa shape index (κ3) is 1.75. The maximum atomic E-state index is 5.79. The Morgan fingerprint density at radius 3 is 2.80 bits per heavy atom. The van der Waals surface area contributed by atoms with Gasteiger partial charge in [-0.3, -0.25) is 0 Å². The maximum Gasteiger partial charge on any atom is 0.178 e. The molecule has 0 N–H and O–H groups in total. The molecule has 0 bridgehead atoms. The molecule has 0 radical (unpaired) electrons. The first-order valence-electron chi connectivity index (χ1n) is 7.23. The van der Waals surface area contributed by atoms with E-state index < -0.39 is 0 Å². The lowest BCUT2D eigenvalue weighted by atomic mass is 10.2. The molecule has 3 aromatic rings. The number of hydrogen-bond acceptors (Lipinski definition) is 3. The first kappa shape index (κ1) is 11.7. The van der Waals surface area contributed by atoms with Gasteiger partial charge in [0.1, 0.15) is 11.3 Å².